The van der Waals surface area contributed by atoms with E-state index in [0.717, 1.165) is 5.56 Å². The average Bonchev–Trinajstić information content (AvgIpc) is 2.53. The molecule has 0 aliphatic heterocycles. The highest BCUT2D eigenvalue weighted by molar-refractivity contribution is 5.91. The number of aliphatic carboxylic acids is 1. The van der Waals surface area contributed by atoms with Crippen molar-refractivity contribution < 1.29 is 14.7 Å². The number of anilines is 1. The SMILES string of the molecule is CC(C)C(CC(=O)Nc1cccc(CC(=O)O)c1)c1ccccc1. The Bertz CT molecular complexity index is 695. The summed E-state index contributed by atoms with van der Waals surface area (Å²) in [6.45, 7) is 4.22. The predicted molar refractivity (Wildman–Crippen MR) is 95.0 cm³/mol. The van der Waals surface area contributed by atoms with E-state index in [2.05, 4.69) is 19.2 Å². The highest BCUT2D eigenvalue weighted by Gasteiger charge is 2.19. The molecule has 2 aromatic rings. The van der Waals surface area contributed by atoms with Gasteiger partial charge >= 0.3 is 5.97 Å². The molecule has 0 fully saturated rings. The topological polar surface area (TPSA) is 66.4 Å². The molecule has 1 unspecified atom stereocenters. The second-order valence-electron chi connectivity index (χ2n) is 6.28. The Morgan fingerprint density at radius 3 is 2.38 bits per heavy atom. The van der Waals surface area contributed by atoms with Gasteiger partial charge in [-0.2, -0.15) is 0 Å². The molecule has 0 saturated heterocycles. The summed E-state index contributed by atoms with van der Waals surface area (Å²) >= 11 is 0. The van der Waals surface area contributed by atoms with Crippen LogP contribution in [-0.4, -0.2) is 17.0 Å². The van der Waals surface area contributed by atoms with Crippen molar-refractivity contribution in [3.63, 3.8) is 0 Å². The number of rotatable bonds is 7. The first-order chi connectivity index (χ1) is 11.5. The standard InChI is InChI=1S/C20H23NO3/c1-14(2)18(16-8-4-3-5-9-16)13-19(22)21-17-10-6-7-15(11-17)12-20(23)24/h3-11,14,18H,12-13H2,1-2H3,(H,21,22)(H,23,24). The second kappa shape index (κ2) is 8.29. The fraction of sp³-hybridized carbons (Fsp3) is 0.300. The van der Waals surface area contributed by atoms with E-state index in [9.17, 15) is 9.59 Å². The minimum atomic E-state index is -0.887. The zero-order valence-electron chi connectivity index (χ0n) is 14.0. The molecule has 0 aromatic heterocycles. The molecule has 24 heavy (non-hydrogen) atoms. The van der Waals surface area contributed by atoms with Gasteiger partial charge in [-0.25, -0.2) is 0 Å². The molecule has 4 heteroatoms. The summed E-state index contributed by atoms with van der Waals surface area (Å²) in [6.07, 6.45) is 0.340. The molecule has 0 radical (unpaired) electrons. The van der Waals surface area contributed by atoms with Crippen LogP contribution in [-0.2, 0) is 16.0 Å². The fourth-order valence-corrected chi connectivity index (χ4v) is 2.78. The van der Waals surface area contributed by atoms with Gasteiger partial charge in [0.1, 0.15) is 0 Å². The summed E-state index contributed by atoms with van der Waals surface area (Å²) in [4.78, 5) is 23.2. The summed E-state index contributed by atoms with van der Waals surface area (Å²) in [5, 5.41) is 11.7. The zero-order valence-corrected chi connectivity index (χ0v) is 14.0. The van der Waals surface area contributed by atoms with Gasteiger partial charge in [-0.3, -0.25) is 9.59 Å². The lowest BCUT2D eigenvalue weighted by Gasteiger charge is -2.21. The van der Waals surface area contributed by atoms with Gasteiger partial charge in [0, 0.05) is 12.1 Å². The summed E-state index contributed by atoms with van der Waals surface area (Å²) in [6, 6.07) is 17.0. The van der Waals surface area contributed by atoms with E-state index in [4.69, 9.17) is 5.11 Å². The number of carboxylic acid groups (broad SMARTS) is 1. The smallest absolute Gasteiger partial charge is 0.307 e. The Balaban J connectivity index is 2.05. The van der Waals surface area contributed by atoms with Crippen LogP contribution >= 0.6 is 0 Å². The molecule has 2 rings (SSSR count). The number of amides is 1. The summed E-state index contributed by atoms with van der Waals surface area (Å²) in [5.41, 5.74) is 2.46. The van der Waals surface area contributed by atoms with Gasteiger partial charge in [0.05, 0.1) is 6.42 Å². The number of hydrogen-bond acceptors (Lipinski definition) is 2. The van der Waals surface area contributed by atoms with E-state index >= 15 is 0 Å². The van der Waals surface area contributed by atoms with Gasteiger partial charge in [-0.1, -0.05) is 56.3 Å². The summed E-state index contributed by atoms with van der Waals surface area (Å²) in [5.74, 6) is -0.461. The fourth-order valence-electron chi connectivity index (χ4n) is 2.78. The second-order valence-corrected chi connectivity index (χ2v) is 6.28. The molecule has 0 bridgehead atoms. The molecule has 0 aliphatic carbocycles. The number of carboxylic acids is 1. The minimum Gasteiger partial charge on any atom is -0.481 e. The van der Waals surface area contributed by atoms with E-state index in [0.29, 0.717) is 23.6 Å². The van der Waals surface area contributed by atoms with Crippen LogP contribution in [0.1, 0.15) is 37.3 Å². The predicted octanol–water partition coefficient (Wildman–Crippen LogP) is 4.08. The molecule has 1 atom stereocenters. The third-order valence-electron chi connectivity index (χ3n) is 4.00. The first-order valence-corrected chi connectivity index (χ1v) is 8.11. The molecule has 0 spiro atoms. The van der Waals surface area contributed by atoms with E-state index < -0.39 is 5.97 Å². The molecule has 0 saturated carbocycles. The average molecular weight is 325 g/mol. The van der Waals surface area contributed by atoms with E-state index in [1.54, 1.807) is 24.3 Å². The lowest BCUT2D eigenvalue weighted by molar-refractivity contribution is -0.136. The van der Waals surface area contributed by atoms with Crippen molar-refractivity contribution in [2.24, 2.45) is 5.92 Å². The van der Waals surface area contributed by atoms with Crippen molar-refractivity contribution in [2.75, 3.05) is 5.32 Å². The van der Waals surface area contributed by atoms with Crippen molar-refractivity contribution in [3.8, 4) is 0 Å². The molecular weight excluding hydrogens is 302 g/mol. The summed E-state index contributed by atoms with van der Waals surface area (Å²) in [7, 11) is 0. The van der Waals surface area contributed by atoms with Crippen molar-refractivity contribution in [1.29, 1.82) is 0 Å². The van der Waals surface area contributed by atoms with Crippen molar-refractivity contribution in [1.82, 2.24) is 0 Å². The maximum Gasteiger partial charge on any atom is 0.307 e. The third-order valence-corrected chi connectivity index (χ3v) is 4.00. The number of carbonyl (C=O) groups excluding carboxylic acids is 1. The molecule has 0 heterocycles. The Kier molecular flexibility index (Phi) is 6.13. The van der Waals surface area contributed by atoms with E-state index in [-0.39, 0.29) is 18.2 Å². The normalized spacial score (nSPS) is 12.0. The van der Waals surface area contributed by atoms with Gasteiger partial charge in [0.15, 0.2) is 0 Å². The first kappa shape index (κ1) is 17.7. The van der Waals surface area contributed by atoms with Crippen molar-refractivity contribution >= 4 is 17.6 Å². The van der Waals surface area contributed by atoms with Crippen molar-refractivity contribution in [3.05, 3.63) is 65.7 Å². The van der Waals surface area contributed by atoms with Crippen LogP contribution in [0.15, 0.2) is 54.6 Å². The lowest BCUT2D eigenvalue weighted by atomic mass is 9.85. The molecular formula is C20H23NO3. The van der Waals surface area contributed by atoms with Crippen LogP contribution in [0, 0.1) is 5.92 Å². The quantitative estimate of drug-likeness (QED) is 0.806. The maximum atomic E-state index is 12.4. The van der Waals surface area contributed by atoms with Crippen LogP contribution in [0.5, 0.6) is 0 Å². The number of benzene rings is 2. The Morgan fingerprint density at radius 2 is 1.75 bits per heavy atom. The molecule has 2 aromatic carbocycles. The largest absolute Gasteiger partial charge is 0.481 e. The van der Waals surface area contributed by atoms with Gasteiger partial charge in [-0.05, 0) is 35.1 Å². The van der Waals surface area contributed by atoms with Crippen molar-refractivity contribution in [2.45, 2.75) is 32.6 Å². The zero-order chi connectivity index (χ0) is 17.5. The monoisotopic (exact) mass is 325 g/mol. The number of nitrogens with one attached hydrogen (secondary N) is 1. The van der Waals surface area contributed by atoms with Crippen LogP contribution in [0.3, 0.4) is 0 Å². The Labute approximate surface area is 142 Å². The molecule has 0 aliphatic rings. The maximum absolute atomic E-state index is 12.4. The van der Waals surface area contributed by atoms with Crippen LogP contribution in [0.25, 0.3) is 0 Å². The first-order valence-electron chi connectivity index (χ1n) is 8.11. The Hall–Kier alpha value is -2.62. The third kappa shape index (κ3) is 5.23. The minimum absolute atomic E-state index is 0.0532. The van der Waals surface area contributed by atoms with E-state index in [1.807, 2.05) is 30.3 Å². The molecule has 4 nitrogen and oxygen atoms in total. The van der Waals surface area contributed by atoms with Crippen LogP contribution < -0.4 is 5.32 Å². The molecule has 126 valence electrons. The van der Waals surface area contributed by atoms with Gasteiger partial charge in [0.2, 0.25) is 5.91 Å². The van der Waals surface area contributed by atoms with Gasteiger partial charge in [-0.15, -0.1) is 0 Å². The number of hydrogen-bond donors (Lipinski definition) is 2. The van der Waals surface area contributed by atoms with Gasteiger partial charge in [0.25, 0.3) is 0 Å². The van der Waals surface area contributed by atoms with E-state index in [1.165, 1.54) is 0 Å². The van der Waals surface area contributed by atoms with Crippen LogP contribution in [0.4, 0.5) is 5.69 Å². The molecule has 2 N–H and O–H groups in total. The summed E-state index contributed by atoms with van der Waals surface area (Å²) < 4.78 is 0. The highest BCUT2D eigenvalue weighted by atomic mass is 16.4. The van der Waals surface area contributed by atoms with Crippen LogP contribution in [0.2, 0.25) is 0 Å². The highest BCUT2D eigenvalue weighted by Crippen LogP contribution is 2.28. The molecule has 1 amide bonds. The van der Waals surface area contributed by atoms with Gasteiger partial charge < -0.3 is 10.4 Å². The Morgan fingerprint density at radius 1 is 1.04 bits per heavy atom. The lowest BCUT2D eigenvalue weighted by Crippen LogP contribution is -2.18. The number of carbonyl (C=O) groups is 2.